The standard InChI is InChI=1S/C6H13NO2S/c1-9-4-2-3-7-6(8)5-10/h10H,2-5H2,1H3,(H,7,8). The van der Waals surface area contributed by atoms with Crippen LogP contribution in [0.1, 0.15) is 6.42 Å². The zero-order valence-electron chi connectivity index (χ0n) is 6.09. The van der Waals surface area contributed by atoms with E-state index in [9.17, 15) is 4.79 Å². The molecule has 0 heterocycles. The highest BCUT2D eigenvalue weighted by atomic mass is 32.1. The minimum absolute atomic E-state index is 0.0283. The molecule has 0 fully saturated rings. The molecule has 0 rings (SSSR count). The first kappa shape index (κ1) is 9.78. The van der Waals surface area contributed by atoms with Crippen molar-refractivity contribution in [3.8, 4) is 0 Å². The Kier molecular flexibility index (Phi) is 6.74. The number of hydrogen-bond acceptors (Lipinski definition) is 3. The largest absolute Gasteiger partial charge is 0.385 e. The van der Waals surface area contributed by atoms with Crippen LogP contribution in [0.4, 0.5) is 0 Å². The molecular weight excluding hydrogens is 150 g/mol. The van der Waals surface area contributed by atoms with Gasteiger partial charge in [0.25, 0.3) is 0 Å². The number of carbonyl (C=O) groups is 1. The lowest BCUT2D eigenvalue weighted by Gasteiger charge is -2.00. The quantitative estimate of drug-likeness (QED) is 0.444. The first-order valence-electron chi connectivity index (χ1n) is 3.17. The molecule has 10 heavy (non-hydrogen) atoms. The lowest BCUT2D eigenvalue weighted by Crippen LogP contribution is -2.26. The van der Waals surface area contributed by atoms with E-state index in [0.29, 0.717) is 13.2 Å². The lowest BCUT2D eigenvalue weighted by molar-refractivity contribution is -0.118. The van der Waals surface area contributed by atoms with E-state index in [4.69, 9.17) is 4.74 Å². The van der Waals surface area contributed by atoms with Gasteiger partial charge in [0.1, 0.15) is 0 Å². The van der Waals surface area contributed by atoms with E-state index in [-0.39, 0.29) is 11.7 Å². The number of hydrogen-bond donors (Lipinski definition) is 2. The molecule has 0 aliphatic carbocycles. The minimum Gasteiger partial charge on any atom is -0.385 e. The molecule has 0 unspecified atom stereocenters. The fraction of sp³-hybridized carbons (Fsp3) is 0.833. The molecule has 0 bridgehead atoms. The van der Waals surface area contributed by atoms with E-state index in [0.717, 1.165) is 6.42 Å². The van der Waals surface area contributed by atoms with Crippen LogP contribution in [0.3, 0.4) is 0 Å². The molecule has 0 aromatic heterocycles. The molecule has 0 aromatic carbocycles. The van der Waals surface area contributed by atoms with E-state index >= 15 is 0 Å². The fourth-order valence-corrected chi connectivity index (χ4v) is 0.612. The normalized spacial score (nSPS) is 9.40. The van der Waals surface area contributed by atoms with Gasteiger partial charge in [-0.15, -0.1) is 0 Å². The summed E-state index contributed by atoms with van der Waals surface area (Å²) in [5.41, 5.74) is 0. The lowest BCUT2D eigenvalue weighted by atomic mass is 10.4. The molecule has 3 nitrogen and oxygen atoms in total. The van der Waals surface area contributed by atoms with E-state index in [1.54, 1.807) is 7.11 Å². The van der Waals surface area contributed by atoms with Crippen LogP contribution in [0, 0.1) is 0 Å². The molecule has 1 N–H and O–H groups in total. The van der Waals surface area contributed by atoms with E-state index < -0.39 is 0 Å². The molecule has 60 valence electrons. The predicted molar refractivity (Wildman–Crippen MR) is 43.4 cm³/mol. The highest BCUT2D eigenvalue weighted by Gasteiger charge is 1.93. The summed E-state index contributed by atoms with van der Waals surface area (Å²) in [6, 6.07) is 0. The summed E-state index contributed by atoms with van der Waals surface area (Å²) in [5, 5.41) is 2.67. The van der Waals surface area contributed by atoms with Gasteiger partial charge in [0.05, 0.1) is 5.75 Å². The minimum atomic E-state index is -0.0283. The molecule has 0 aliphatic rings. The van der Waals surface area contributed by atoms with Crippen molar-refractivity contribution < 1.29 is 9.53 Å². The van der Waals surface area contributed by atoms with Crippen molar-refractivity contribution in [1.29, 1.82) is 0 Å². The molecule has 0 saturated carbocycles. The average Bonchev–Trinajstić information content (AvgIpc) is 1.98. The highest BCUT2D eigenvalue weighted by molar-refractivity contribution is 7.81. The molecule has 0 radical (unpaired) electrons. The van der Waals surface area contributed by atoms with Crippen molar-refractivity contribution in [1.82, 2.24) is 5.32 Å². The van der Waals surface area contributed by atoms with Gasteiger partial charge >= 0.3 is 0 Å². The zero-order chi connectivity index (χ0) is 7.82. The summed E-state index contributed by atoms with van der Waals surface area (Å²) in [6.07, 6.45) is 0.857. The van der Waals surface area contributed by atoms with Crippen LogP contribution >= 0.6 is 12.6 Å². The summed E-state index contributed by atoms with van der Waals surface area (Å²) in [5.74, 6) is 0.229. The molecular formula is C6H13NO2S. The molecule has 0 aromatic rings. The van der Waals surface area contributed by atoms with Crippen molar-refractivity contribution in [2.75, 3.05) is 26.0 Å². The van der Waals surface area contributed by atoms with Crippen molar-refractivity contribution >= 4 is 18.5 Å². The second-order valence-electron chi connectivity index (χ2n) is 1.85. The number of carbonyl (C=O) groups excluding carboxylic acids is 1. The third kappa shape index (κ3) is 5.91. The maximum Gasteiger partial charge on any atom is 0.229 e. The Labute approximate surface area is 66.5 Å². The molecule has 0 aliphatic heterocycles. The highest BCUT2D eigenvalue weighted by Crippen LogP contribution is 1.78. The van der Waals surface area contributed by atoms with Gasteiger partial charge in [0.2, 0.25) is 5.91 Å². The first-order chi connectivity index (χ1) is 4.81. The Balaban J connectivity index is 2.96. The Morgan fingerprint density at radius 3 is 2.90 bits per heavy atom. The van der Waals surface area contributed by atoms with Gasteiger partial charge in [-0.25, -0.2) is 0 Å². The van der Waals surface area contributed by atoms with Gasteiger partial charge in [-0.1, -0.05) is 0 Å². The van der Waals surface area contributed by atoms with Crippen LogP contribution in [-0.4, -0.2) is 31.9 Å². The number of rotatable bonds is 5. The Morgan fingerprint density at radius 2 is 2.40 bits per heavy atom. The Hall–Kier alpha value is -0.220. The molecule has 0 atom stereocenters. The Bertz CT molecular complexity index is 97.7. The van der Waals surface area contributed by atoms with Crippen LogP contribution in [0.15, 0.2) is 0 Å². The maximum absolute atomic E-state index is 10.5. The monoisotopic (exact) mass is 163 g/mol. The van der Waals surface area contributed by atoms with Crippen molar-refractivity contribution in [2.45, 2.75) is 6.42 Å². The average molecular weight is 163 g/mol. The van der Waals surface area contributed by atoms with Gasteiger partial charge in [-0.2, -0.15) is 12.6 Å². The molecule has 4 heteroatoms. The van der Waals surface area contributed by atoms with Gasteiger partial charge in [0, 0.05) is 20.3 Å². The van der Waals surface area contributed by atoms with Crippen molar-refractivity contribution in [2.24, 2.45) is 0 Å². The molecule has 0 saturated heterocycles. The van der Waals surface area contributed by atoms with Crippen LogP contribution in [0.5, 0.6) is 0 Å². The van der Waals surface area contributed by atoms with Crippen molar-refractivity contribution in [3.63, 3.8) is 0 Å². The predicted octanol–water partition coefficient (Wildman–Crippen LogP) is 0.0689. The van der Waals surface area contributed by atoms with Crippen molar-refractivity contribution in [3.05, 3.63) is 0 Å². The van der Waals surface area contributed by atoms with Crippen LogP contribution < -0.4 is 5.32 Å². The number of ether oxygens (including phenoxy) is 1. The molecule has 0 spiro atoms. The fourth-order valence-electron chi connectivity index (χ4n) is 0.500. The first-order valence-corrected chi connectivity index (χ1v) is 3.81. The molecule has 1 amide bonds. The number of nitrogens with one attached hydrogen (secondary N) is 1. The summed E-state index contributed by atoms with van der Waals surface area (Å²) >= 11 is 3.80. The van der Waals surface area contributed by atoms with Gasteiger partial charge < -0.3 is 10.1 Å². The topological polar surface area (TPSA) is 38.3 Å². The van der Waals surface area contributed by atoms with Crippen LogP contribution in [0.2, 0.25) is 0 Å². The second kappa shape index (κ2) is 6.89. The van der Waals surface area contributed by atoms with Crippen LogP contribution in [-0.2, 0) is 9.53 Å². The summed E-state index contributed by atoms with van der Waals surface area (Å²) in [7, 11) is 1.64. The number of amides is 1. The van der Waals surface area contributed by atoms with Gasteiger partial charge in [-0.3, -0.25) is 4.79 Å². The Morgan fingerprint density at radius 1 is 1.70 bits per heavy atom. The van der Waals surface area contributed by atoms with Crippen LogP contribution in [0.25, 0.3) is 0 Å². The third-order valence-corrected chi connectivity index (χ3v) is 1.28. The SMILES string of the molecule is COCCCNC(=O)CS. The smallest absolute Gasteiger partial charge is 0.229 e. The zero-order valence-corrected chi connectivity index (χ0v) is 6.99. The second-order valence-corrected chi connectivity index (χ2v) is 2.17. The van der Waals surface area contributed by atoms with E-state index in [1.807, 2.05) is 0 Å². The van der Waals surface area contributed by atoms with E-state index in [2.05, 4.69) is 17.9 Å². The van der Waals surface area contributed by atoms with E-state index in [1.165, 1.54) is 0 Å². The summed E-state index contributed by atoms with van der Waals surface area (Å²) < 4.78 is 4.79. The number of methoxy groups -OCH3 is 1. The third-order valence-electron chi connectivity index (χ3n) is 0.991. The van der Waals surface area contributed by atoms with Gasteiger partial charge in [0.15, 0.2) is 0 Å². The maximum atomic E-state index is 10.5. The van der Waals surface area contributed by atoms with Gasteiger partial charge in [-0.05, 0) is 6.42 Å². The number of thiol groups is 1. The summed E-state index contributed by atoms with van der Waals surface area (Å²) in [6.45, 7) is 1.36. The summed E-state index contributed by atoms with van der Waals surface area (Å²) in [4.78, 5) is 10.5.